The summed E-state index contributed by atoms with van der Waals surface area (Å²) >= 11 is 5.51. The molecule has 29 heavy (non-hydrogen) atoms. The highest BCUT2D eigenvalue weighted by atomic mass is 32.1. The van der Waals surface area contributed by atoms with E-state index in [0.717, 1.165) is 24.8 Å². The Morgan fingerprint density at radius 2 is 2.17 bits per heavy atom. The maximum atomic E-state index is 12.8. The summed E-state index contributed by atoms with van der Waals surface area (Å²) in [6, 6.07) is 8.13. The number of amides is 1. The van der Waals surface area contributed by atoms with Gasteiger partial charge in [-0.25, -0.2) is 9.78 Å². The lowest BCUT2D eigenvalue weighted by Gasteiger charge is -2.33. The molecule has 3 rings (SSSR count). The molecule has 7 heteroatoms. The van der Waals surface area contributed by atoms with Crippen molar-refractivity contribution in [3.05, 3.63) is 54.1 Å². The summed E-state index contributed by atoms with van der Waals surface area (Å²) in [5, 5.41) is 0.311. The van der Waals surface area contributed by atoms with E-state index in [1.165, 1.54) is 5.56 Å². The highest BCUT2D eigenvalue weighted by molar-refractivity contribution is 7.80. The van der Waals surface area contributed by atoms with Gasteiger partial charge in [0.15, 0.2) is 0 Å². The van der Waals surface area contributed by atoms with E-state index < -0.39 is 5.60 Å². The van der Waals surface area contributed by atoms with Gasteiger partial charge in [-0.15, -0.1) is 0 Å². The minimum atomic E-state index is -0.547. The third-order valence-electron chi connectivity index (χ3n) is 4.91. The van der Waals surface area contributed by atoms with Crippen molar-refractivity contribution in [3.63, 3.8) is 0 Å². The Bertz CT molecular complexity index is 845. The van der Waals surface area contributed by atoms with Crippen molar-refractivity contribution in [2.24, 2.45) is 0 Å². The van der Waals surface area contributed by atoms with Crippen LogP contribution < -0.4 is 0 Å². The number of aromatic nitrogens is 2. The van der Waals surface area contributed by atoms with Crippen LogP contribution >= 0.6 is 12.2 Å². The topological polar surface area (TPSA) is 56.6 Å². The van der Waals surface area contributed by atoms with Crippen LogP contribution in [0.3, 0.4) is 0 Å². The number of nitrogens with zero attached hydrogens (tertiary/aromatic N) is 3. The molecule has 2 heterocycles. The first-order chi connectivity index (χ1) is 13.8. The molecule has 0 aliphatic carbocycles. The number of carbonyl (C=O) groups excluding carboxylic acids is 1. The number of hydrogen-bond donors (Lipinski definition) is 0. The van der Waals surface area contributed by atoms with Crippen LogP contribution in [0.15, 0.2) is 43.0 Å². The number of aryl methyl sites for hydroxylation is 1. The van der Waals surface area contributed by atoms with Crippen molar-refractivity contribution in [1.29, 1.82) is 0 Å². The molecule has 1 aliphatic rings. The molecule has 1 fully saturated rings. The molecular weight excluding hydrogens is 386 g/mol. The molecule has 0 radical (unpaired) electrons. The summed E-state index contributed by atoms with van der Waals surface area (Å²) in [4.78, 5) is 18.7. The van der Waals surface area contributed by atoms with Gasteiger partial charge in [0, 0.05) is 18.9 Å². The second kappa shape index (κ2) is 8.95. The third kappa shape index (κ3) is 5.35. The Kier molecular flexibility index (Phi) is 6.57. The van der Waals surface area contributed by atoms with E-state index in [1.54, 1.807) is 28.2 Å². The second-order valence-corrected chi connectivity index (χ2v) is 8.61. The molecular formula is C22H29N3O3S. The number of thiocarbonyl (C=S) groups is 1. The molecule has 1 unspecified atom stereocenters. The molecule has 1 amide bonds. The van der Waals surface area contributed by atoms with Gasteiger partial charge in [0.25, 0.3) is 5.17 Å². The molecule has 0 saturated carbocycles. The Morgan fingerprint density at radius 1 is 1.38 bits per heavy atom. The van der Waals surface area contributed by atoms with Crippen molar-refractivity contribution in [2.75, 3.05) is 6.54 Å². The monoisotopic (exact) mass is 415 g/mol. The summed E-state index contributed by atoms with van der Waals surface area (Å²) < 4.78 is 13.6. The number of likely N-dealkylation sites (tertiary alicyclic amines) is 1. The summed E-state index contributed by atoms with van der Waals surface area (Å²) in [6.07, 6.45) is 6.98. The van der Waals surface area contributed by atoms with Crippen molar-refractivity contribution in [3.8, 4) is 0 Å². The number of rotatable bonds is 4. The number of benzene rings is 1. The van der Waals surface area contributed by atoms with Gasteiger partial charge in [-0.1, -0.05) is 31.2 Å². The van der Waals surface area contributed by atoms with Crippen LogP contribution in [-0.2, 0) is 15.9 Å². The van der Waals surface area contributed by atoms with Gasteiger partial charge in [0.2, 0.25) is 0 Å². The normalized spacial score (nSPS) is 17.8. The maximum Gasteiger partial charge on any atom is 0.410 e. The second-order valence-electron chi connectivity index (χ2n) is 8.26. The molecule has 2 aromatic rings. The highest BCUT2D eigenvalue weighted by Crippen LogP contribution is 2.34. The summed E-state index contributed by atoms with van der Waals surface area (Å²) in [5.74, 6) is 0. The third-order valence-corrected chi connectivity index (χ3v) is 5.21. The van der Waals surface area contributed by atoms with Crippen LogP contribution in [0.4, 0.5) is 4.79 Å². The predicted octanol–water partition coefficient (Wildman–Crippen LogP) is 4.74. The molecule has 6 nitrogen and oxygen atoms in total. The molecule has 0 bridgehead atoms. The van der Waals surface area contributed by atoms with Crippen LogP contribution in [0.1, 0.15) is 57.8 Å². The molecule has 1 saturated heterocycles. The summed E-state index contributed by atoms with van der Waals surface area (Å²) in [6.45, 7) is 8.40. The highest BCUT2D eigenvalue weighted by Gasteiger charge is 2.39. The SMILES string of the molecule is CCc1cccc(C(OC(=S)n2ccnc2)[C@@H]2CCCN2C(=O)OC(C)(C)C)c1. The number of carbonyl (C=O) groups is 1. The minimum Gasteiger partial charge on any atom is -0.460 e. The molecule has 156 valence electrons. The molecule has 2 atom stereocenters. The van der Waals surface area contributed by atoms with Gasteiger partial charge in [-0.05, 0) is 63.4 Å². The number of ether oxygens (including phenoxy) is 2. The van der Waals surface area contributed by atoms with Crippen molar-refractivity contribution < 1.29 is 14.3 Å². The van der Waals surface area contributed by atoms with E-state index in [4.69, 9.17) is 21.7 Å². The van der Waals surface area contributed by atoms with Gasteiger partial charge in [0.05, 0.1) is 6.04 Å². The smallest absolute Gasteiger partial charge is 0.410 e. The first kappa shape index (κ1) is 21.3. The lowest BCUT2D eigenvalue weighted by Crippen LogP contribution is -2.43. The predicted molar refractivity (Wildman–Crippen MR) is 116 cm³/mol. The van der Waals surface area contributed by atoms with Crippen molar-refractivity contribution in [2.45, 2.75) is 64.7 Å². The lowest BCUT2D eigenvalue weighted by molar-refractivity contribution is 0.00709. The Labute approximate surface area is 177 Å². The fourth-order valence-corrected chi connectivity index (χ4v) is 3.76. The summed E-state index contributed by atoms with van der Waals surface area (Å²) in [5.41, 5.74) is 1.67. The van der Waals surface area contributed by atoms with Crippen LogP contribution in [-0.4, -0.2) is 43.9 Å². The van der Waals surface area contributed by atoms with Gasteiger partial charge >= 0.3 is 6.09 Å². The Balaban J connectivity index is 1.90. The van der Waals surface area contributed by atoms with Gasteiger partial charge in [0.1, 0.15) is 18.0 Å². The zero-order chi connectivity index (χ0) is 21.0. The first-order valence-electron chi connectivity index (χ1n) is 10.1. The van der Waals surface area contributed by atoms with Gasteiger partial charge in [-0.2, -0.15) is 0 Å². The van der Waals surface area contributed by atoms with E-state index in [2.05, 4.69) is 24.0 Å². The number of imidazole rings is 1. The average Bonchev–Trinajstić information content (AvgIpc) is 3.36. The minimum absolute atomic E-state index is 0.154. The van der Waals surface area contributed by atoms with Crippen LogP contribution in [0.5, 0.6) is 0 Å². The van der Waals surface area contributed by atoms with E-state index in [-0.39, 0.29) is 18.2 Å². The van der Waals surface area contributed by atoms with Gasteiger partial charge < -0.3 is 14.4 Å². The fraction of sp³-hybridized carbons (Fsp3) is 0.500. The Hall–Kier alpha value is -2.41. The molecule has 0 spiro atoms. The quantitative estimate of drug-likeness (QED) is 0.676. The zero-order valence-electron chi connectivity index (χ0n) is 17.5. The van der Waals surface area contributed by atoms with E-state index in [0.29, 0.717) is 11.7 Å². The van der Waals surface area contributed by atoms with Crippen molar-refractivity contribution >= 4 is 23.5 Å². The van der Waals surface area contributed by atoms with Crippen LogP contribution in [0, 0.1) is 0 Å². The molecule has 1 aliphatic heterocycles. The molecule has 0 N–H and O–H groups in total. The van der Waals surface area contributed by atoms with E-state index in [1.807, 2.05) is 32.9 Å². The van der Waals surface area contributed by atoms with E-state index in [9.17, 15) is 4.79 Å². The van der Waals surface area contributed by atoms with Crippen LogP contribution in [0.2, 0.25) is 0 Å². The van der Waals surface area contributed by atoms with Crippen molar-refractivity contribution in [1.82, 2.24) is 14.5 Å². The lowest BCUT2D eigenvalue weighted by atomic mass is 9.97. The maximum absolute atomic E-state index is 12.8. The molecule has 1 aromatic carbocycles. The molecule has 1 aromatic heterocycles. The van der Waals surface area contributed by atoms with Gasteiger partial charge in [-0.3, -0.25) is 4.57 Å². The number of hydrogen-bond acceptors (Lipinski definition) is 5. The first-order valence-corrected chi connectivity index (χ1v) is 10.5. The fourth-order valence-electron chi connectivity index (χ4n) is 3.55. The average molecular weight is 416 g/mol. The summed E-state index contributed by atoms with van der Waals surface area (Å²) in [7, 11) is 0. The zero-order valence-corrected chi connectivity index (χ0v) is 18.3. The van der Waals surface area contributed by atoms with E-state index >= 15 is 0 Å². The standard InChI is InChI=1S/C22H29N3O3S/c1-5-16-8-6-9-17(14-16)19(27-21(29)24-13-11-23-15-24)18-10-7-12-25(18)20(26)28-22(2,3)4/h6,8-9,11,13-15,18-19H,5,7,10,12H2,1-4H3/t18-,19?/m0/s1. The Morgan fingerprint density at radius 3 is 2.83 bits per heavy atom. The van der Waals surface area contributed by atoms with Crippen LogP contribution in [0.25, 0.3) is 0 Å². The largest absolute Gasteiger partial charge is 0.460 e.